The minimum atomic E-state index is -4.48. The summed E-state index contributed by atoms with van der Waals surface area (Å²) in [7, 11) is -6.00. The van der Waals surface area contributed by atoms with Crippen molar-refractivity contribution in [2.45, 2.75) is 44.2 Å². The van der Waals surface area contributed by atoms with E-state index in [0.717, 1.165) is 21.5 Å². The molecular formula is C27H32O4SSi2. The Kier molecular flexibility index (Phi) is 6.05. The van der Waals surface area contributed by atoms with Gasteiger partial charge < -0.3 is 4.74 Å². The van der Waals surface area contributed by atoms with Crippen LogP contribution in [0.15, 0.2) is 65.6 Å². The number of methoxy groups -OCH3 is 1. The zero-order valence-corrected chi connectivity index (χ0v) is 23.7. The van der Waals surface area contributed by atoms with Gasteiger partial charge in [-0.2, -0.15) is 8.42 Å². The van der Waals surface area contributed by atoms with Crippen LogP contribution in [-0.2, 0) is 10.1 Å². The fourth-order valence-electron chi connectivity index (χ4n) is 4.45. The van der Waals surface area contributed by atoms with E-state index in [2.05, 4.69) is 69.6 Å². The van der Waals surface area contributed by atoms with Gasteiger partial charge in [-0.25, -0.2) is 0 Å². The number of fused-ring (bicyclic) bond motifs is 2. The number of ether oxygens (including phenoxy) is 1. The SMILES string of the molecule is COc1ccc2cc([Si](C)(C)C)ccc2c1-c1c(S(=O)(=O)O)ccc2cc([Si](C)(C)C)ccc12. The first-order chi connectivity index (χ1) is 15.7. The molecule has 0 saturated heterocycles. The number of hydrogen-bond acceptors (Lipinski definition) is 3. The molecule has 7 heteroatoms. The van der Waals surface area contributed by atoms with Crippen molar-refractivity contribution in [3.8, 4) is 16.9 Å². The minimum absolute atomic E-state index is 0.110. The normalized spacial score (nSPS) is 12.9. The number of rotatable bonds is 5. The monoisotopic (exact) mass is 508 g/mol. The van der Waals surface area contributed by atoms with E-state index in [1.165, 1.54) is 16.4 Å². The van der Waals surface area contributed by atoms with Crippen molar-refractivity contribution in [1.29, 1.82) is 0 Å². The molecule has 0 atom stereocenters. The highest BCUT2D eigenvalue weighted by atomic mass is 32.2. The molecule has 0 unspecified atom stereocenters. The van der Waals surface area contributed by atoms with Crippen molar-refractivity contribution in [3.05, 3.63) is 60.7 Å². The second kappa shape index (κ2) is 8.34. The lowest BCUT2D eigenvalue weighted by Crippen LogP contribution is -2.37. The Labute approximate surface area is 204 Å². The summed E-state index contributed by atoms with van der Waals surface area (Å²) in [5, 5.41) is 6.25. The van der Waals surface area contributed by atoms with Crippen LogP contribution in [0.3, 0.4) is 0 Å². The third-order valence-corrected chi connectivity index (χ3v) is 11.4. The third kappa shape index (κ3) is 4.45. The lowest BCUT2D eigenvalue weighted by molar-refractivity contribution is 0.417. The summed E-state index contributed by atoms with van der Waals surface area (Å²) in [5.74, 6) is 0.569. The quantitative estimate of drug-likeness (QED) is 0.265. The smallest absolute Gasteiger partial charge is 0.295 e. The first-order valence-corrected chi connectivity index (χ1v) is 19.8. The van der Waals surface area contributed by atoms with Crippen LogP contribution in [0.25, 0.3) is 32.7 Å². The standard InChI is InChI=1S/C27H32O4SSi2/c1-31-24-14-8-18-16-20(33(2,3)4)10-12-22(18)26(24)27-23-13-11-21(34(5,6)7)17-19(23)9-15-25(27)32(28,29)30/h8-17H,1-7H3,(H,28,29,30). The lowest BCUT2D eigenvalue weighted by Gasteiger charge is -2.21. The molecule has 4 aromatic carbocycles. The zero-order valence-electron chi connectivity index (χ0n) is 20.9. The van der Waals surface area contributed by atoms with Gasteiger partial charge in [0.25, 0.3) is 10.1 Å². The van der Waals surface area contributed by atoms with Crippen LogP contribution in [-0.4, -0.2) is 36.2 Å². The van der Waals surface area contributed by atoms with Crippen LogP contribution in [0.4, 0.5) is 0 Å². The molecule has 0 radical (unpaired) electrons. The Hall–Kier alpha value is -2.46. The van der Waals surface area contributed by atoms with Crippen LogP contribution in [0.5, 0.6) is 5.75 Å². The summed E-state index contributed by atoms with van der Waals surface area (Å²) >= 11 is 0. The highest BCUT2D eigenvalue weighted by molar-refractivity contribution is 7.86. The average molecular weight is 509 g/mol. The number of hydrogen-bond donors (Lipinski definition) is 1. The molecule has 0 aliphatic heterocycles. The van der Waals surface area contributed by atoms with E-state index in [0.29, 0.717) is 16.9 Å². The van der Waals surface area contributed by atoms with Gasteiger partial charge in [-0.1, -0.05) is 98.2 Å². The molecular weight excluding hydrogens is 477 g/mol. The maximum Gasteiger partial charge on any atom is 0.295 e. The molecule has 4 nitrogen and oxygen atoms in total. The summed E-state index contributed by atoms with van der Waals surface area (Å²) in [4.78, 5) is -0.110. The van der Waals surface area contributed by atoms with Gasteiger partial charge in [0.05, 0.1) is 23.3 Å². The predicted molar refractivity (Wildman–Crippen MR) is 149 cm³/mol. The molecule has 4 aromatic rings. The molecule has 4 rings (SSSR count). The van der Waals surface area contributed by atoms with Gasteiger partial charge in [-0.3, -0.25) is 4.55 Å². The van der Waals surface area contributed by atoms with E-state index in [-0.39, 0.29) is 4.90 Å². The zero-order chi connectivity index (χ0) is 25.1. The van der Waals surface area contributed by atoms with Gasteiger partial charge in [0.1, 0.15) is 10.6 Å². The molecule has 0 fully saturated rings. The van der Waals surface area contributed by atoms with Crippen molar-refractivity contribution < 1.29 is 17.7 Å². The van der Waals surface area contributed by atoms with Crippen molar-refractivity contribution in [1.82, 2.24) is 0 Å². The summed E-state index contributed by atoms with van der Waals surface area (Å²) < 4.78 is 41.0. The highest BCUT2D eigenvalue weighted by Gasteiger charge is 2.25. The molecule has 0 amide bonds. The van der Waals surface area contributed by atoms with Crippen LogP contribution in [0, 0.1) is 0 Å². The maximum atomic E-state index is 12.5. The van der Waals surface area contributed by atoms with E-state index >= 15 is 0 Å². The largest absolute Gasteiger partial charge is 0.496 e. The Morgan fingerprint density at radius 1 is 0.676 bits per heavy atom. The molecule has 34 heavy (non-hydrogen) atoms. The van der Waals surface area contributed by atoms with E-state index < -0.39 is 26.3 Å². The first kappa shape index (κ1) is 24.7. The van der Waals surface area contributed by atoms with Gasteiger partial charge in [0.2, 0.25) is 0 Å². The van der Waals surface area contributed by atoms with Crippen LogP contribution < -0.4 is 15.1 Å². The fourth-order valence-corrected chi connectivity index (χ4v) is 7.51. The second-order valence-corrected chi connectivity index (χ2v) is 22.5. The lowest BCUT2D eigenvalue weighted by atomic mass is 9.93. The molecule has 0 saturated carbocycles. The molecule has 0 heterocycles. The molecule has 178 valence electrons. The molecule has 0 aliphatic carbocycles. The minimum Gasteiger partial charge on any atom is -0.496 e. The fraction of sp³-hybridized carbons (Fsp3) is 0.259. The van der Waals surface area contributed by atoms with Crippen LogP contribution in [0.2, 0.25) is 39.3 Å². The summed E-state index contributed by atoms with van der Waals surface area (Å²) in [6, 6.07) is 19.8. The molecule has 0 bridgehead atoms. The molecule has 0 aliphatic rings. The Balaban J connectivity index is 2.17. The van der Waals surface area contributed by atoms with E-state index in [1.54, 1.807) is 13.2 Å². The van der Waals surface area contributed by atoms with Crippen molar-refractivity contribution >= 4 is 58.2 Å². The Bertz CT molecular complexity index is 1530. The molecule has 0 aromatic heterocycles. The van der Waals surface area contributed by atoms with E-state index in [1.807, 2.05) is 18.2 Å². The third-order valence-electron chi connectivity index (χ3n) is 6.44. The number of benzene rings is 4. The van der Waals surface area contributed by atoms with E-state index in [9.17, 15) is 13.0 Å². The summed E-state index contributed by atoms with van der Waals surface area (Å²) in [6.07, 6.45) is 0. The van der Waals surface area contributed by atoms with Gasteiger partial charge in [-0.05, 0) is 33.7 Å². The van der Waals surface area contributed by atoms with Gasteiger partial charge in [0.15, 0.2) is 0 Å². The Morgan fingerprint density at radius 3 is 1.59 bits per heavy atom. The Morgan fingerprint density at radius 2 is 1.15 bits per heavy atom. The first-order valence-electron chi connectivity index (χ1n) is 11.4. The second-order valence-electron chi connectivity index (χ2n) is 10.9. The topological polar surface area (TPSA) is 63.6 Å². The van der Waals surface area contributed by atoms with Gasteiger partial charge in [-0.15, -0.1) is 0 Å². The average Bonchev–Trinajstić information content (AvgIpc) is 2.74. The van der Waals surface area contributed by atoms with Crippen LogP contribution >= 0.6 is 0 Å². The molecule has 0 spiro atoms. The summed E-state index contributed by atoms with van der Waals surface area (Å²) in [6.45, 7) is 13.8. The summed E-state index contributed by atoms with van der Waals surface area (Å²) in [5.41, 5.74) is 1.16. The van der Waals surface area contributed by atoms with Crippen molar-refractivity contribution in [2.75, 3.05) is 7.11 Å². The predicted octanol–water partition coefficient (Wildman–Crippen LogP) is 6.01. The highest BCUT2D eigenvalue weighted by Crippen LogP contribution is 2.43. The van der Waals surface area contributed by atoms with Crippen molar-refractivity contribution in [3.63, 3.8) is 0 Å². The van der Waals surface area contributed by atoms with Gasteiger partial charge >= 0.3 is 0 Å². The molecule has 1 N–H and O–H groups in total. The van der Waals surface area contributed by atoms with Crippen molar-refractivity contribution in [2.24, 2.45) is 0 Å². The van der Waals surface area contributed by atoms with E-state index in [4.69, 9.17) is 4.74 Å². The maximum absolute atomic E-state index is 12.5. The van der Waals surface area contributed by atoms with Gasteiger partial charge in [0, 0.05) is 11.1 Å². The van der Waals surface area contributed by atoms with Crippen LogP contribution in [0.1, 0.15) is 0 Å².